The molecule has 0 aliphatic heterocycles. The van der Waals surface area contributed by atoms with Crippen LogP contribution in [0.15, 0.2) is 6.07 Å². The molecule has 1 heterocycles. The number of carbonyl (C=O) groups is 1. The van der Waals surface area contributed by atoms with Crippen molar-refractivity contribution in [3.63, 3.8) is 0 Å². The summed E-state index contributed by atoms with van der Waals surface area (Å²) in [6.45, 7) is 3.36. The Morgan fingerprint density at radius 3 is 3.06 bits per heavy atom. The fourth-order valence-electron chi connectivity index (χ4n) is 2.23. The van der Waals surface area contributed by atoms with Crippen molar-refractivity contribution in [3.8, 4) is 0 Å². The number of hydrogen-bond acceptors (Lipinski definition) is 3. The van der Waals surface area contributed by atoms with E-state index in [1.54, 1.807) is 0 Å². The maximum atomic E-state index is 11.7. The van der Waals surface area contributed by atoms with E-state index in [0.29, 0.717) is 6.54 Å². The highest BCUT2D eigenvalue weighted by Crippen LogP contribution is 2.30. The van der Waals surface area contributed by atoms with Crippen molar-refractivity contribution < 1.29 is 4.79 Å². The Labute approximate surface area is 107 Å². The second kappa shape index (κ2) is 5.65. The van der Waals surface area contributed by atoms with Gasteiger partial charge in [0.15, 0.2) is 0 Å². The zero-order chi connectivity index (χ0) is 12.3. The van der Waals surface area contributed by atoms with E-state index in [1.165, 1.54) is 34.6 Å². The molecule has 1 aromatic heterocycles. The van der Waals surface area contributed by atoms with Gasteiger partial charge >= 0.3 is 0 Å². The van der Waals surface area contributed by atoms with Gasteiger partial charge < -0.3 is 10.6 Å². The van der Waals surface area contributed by atoms with Crippen LogP contribution in [0.4, 0.5) is 0 Å². The van der Waals surface area contributed by atoms with E-state index in [2.05, 4.69) is 16.7 Å². The van der Waals surface area contributed by atoms with Crippen molar-refractivity contribution in [2.75, 3.05) is 13.6 Å². The zero-order valence-corrected chi connectivity index (χ0v) is 11.3. The van der Waals surface area contributed by atoms with Crippen LogP contribution in [0.25, 0.3) is 0 Å². The predicted octanol–water partition coefficient (Wildman–Crippen LogP) is 1.71. The molecule has 0 fully saturated rings. The Morgan fingerprint density at radius 2 is 2.35 bits per heavy atom. The first-order valence-corrected chi connectivity index (χ1v) is 7.05. The number of hydrogen-bond donors (Lipinski definition) is 2. The van der Waals surface area contributed by atoms with Crippen LogP contribution in [-0.4, -0.2) is 19.5 Å². The summed E-state index contributed by atoms with van der Waals surface area (Å²) in [7, 11) is 1.87. The summed E-state index contributed by atoms with van der Waals surface area (Å²) in [5.41, 5.74) is 1.50. The van der Waals surface area contributed by atoms with E-state index < -0.39 is 0 Å². The van der Waals surface area contributed by atoms with Crippen molar-refractivity contribution in [1.82, 2.24) is 10.6 Å². The van der Waals surface area contributed by atoms with Gasteiger partial charge in [0.25, 0.3) is 0 Å². The summed E-state index contributed by atoms with van der Waals surface area (Å²) in [5, 5.41) is 6.02. The van der Waals surface area contributed by atoms with Crippen LogP contribution in [0.3, 0.4) is 0 Å². The van der Waals surface area contributed by atoms with Crippen molar-refractivity contribution in [2.24, 2.45) is 5.92 Å². The first-order chi connectivity index (χ1) is 8.20. The van der Waals surface area contributed by atoms with E-state index >= 15 is 0 Å². The van der Waals surface area contributed by atoms with Gasteiger partial charge in [-0.15, -0.1) is 11.3 Å². The lowest BCUT2D eigenvalue weighted by Gasteiger charge is -2.10. The van der Waals surface area contributed by atoms with Crippen LogP contribution in [0.5, 0.6) is 0 Å². The average Bonchev–Trinajstić information content (AvgIpc) is 2.86. The van der Waals surface area contributed by atoms with E-state index in [9.17, 15) is 4.79 Å². The molecule has 94 valence electrons. The van der Waals surface area contributed by atoms with Gasteiger partial charge in [0, 0.05) is 22.2 Å². The normalized spacial score (nSPS) is 15.6. The van der Waals surface area contributed by atoms with Gasteiger partial charge in [-0.2, -0.15) is 0 Å². The van der Waals surface area contributed by atoms with Crippen molar-refractivity contribution in [3.05, 3.63) is 21.4 Å². The number of carbonyl (C=O) groups excluding carboxylic acids is 1. The summed E-state index contributed by atoms with van der Waals surface area (Å²) in [6.07, 6.45) is 3.74. The third-order valence-corrected chi connectivity index (χ3v) is 4.43. The molecule has 4 heteroatoms. The van der Waals surface area contributed by atoms with Gasteiger partial charge in [-0.3, -0.25) is 4.79 Å². The van der Waals surface area contributed by atoms with Crippen LogP contribution < -0.4 is 10.6 Å². The molecule has 1 amide bonds. The molecule has 0 spiro atoms. The molecular formula is C13H20N2OS. The van der Waals surface area contributed by atoms with Gasteiger partial charge in [0.1, 0.15) is 0 Å². The lowest BCUT2D eigenvalue weighted by molar-refractivity contribution is -0.124. The number of aryl methyl sites for hydroxylation is 2. The molecule has 1 atom stereocenters. The highest BCUT2D eigenvalue weighted by atomic mass is 32.1. The molecule has 0 saturated carbocycles. The van der Waals surface area contributed by atoms with Gasteiger partial charge in [-0.1, -0.05) is 6.92 Å². The molecular weight excluding hydrogens is 232 g/mol. The predicted molar refractivity (Wildman–Crippen MR) is 71.3 cm³/mol. The number of thiophene rings is 1. The summed E-state index contributed by atoms with van der Waals surface area (Å²) >= 11 is 1.86. The van der Waals surface area contributed by atoms with Crippen molar-refractivity contribution >= 4 is 17.2 Å². The first kappa shape index (κ1) is 12.6. The van der Waals surface area contributed by atoms with E-state index in [0.717, 1.165) is 6.54 Å². The molecule has 0 radical (unpaired) electrons. The molecule has 0 saturated heterocycles. The molecule has 1 aliphatic rings. The highest BCUT2D eigenvalue weighted by Gasteiger charge is 2.16. The summed E-state index contributed by atoms with van der Waals surface area (Å²) in [4.78, 5) is 14.6. The van der Waals surface area contributed by atoms with Gasteiger partial charge in [-0.25, -0.2) is 0 Å². The Morgan fingerprint density at radius 1 is 1.53 bits per heavy atom. The third-order valence-electron chi connectivity index (χ3n) is 3.19. The van der Waals surface area contributed by atoms with Crippen LogP contribution in [-0.2, 0) is 24.2 Å². The monoisotopic (exact) mass is 252 g/mol. The van der Waals surface area contributed by atoms with Crippen LogP contribution in [0, 0.1) is 5.92 Å². The lowest BCUT2D eigenvalue weighted by Crippen LogP contribution is -2.33. The van der Waals surface area contributed by atoms with Crippen LogP contribution in [0.1, 0.15) is 28.7 Å². The highest BCUT2D eigenvalue weighted by molar-refractivity contribution is 7.12. The SMILES string of the molecule is CNCC(C)C(=O)NCc1cc2c(s1)CCC2. The van der Waals surface area contributed by atoms with E-state index in [4.69, 9.17) is 0 Å². The van der Waals surface area contributed by atoms with Gasteiger partial charge in [0.2, 0.25) is 5.91 Å². The molecule has 2 rings (SSSR count). The van der Waals surface area contributed by atoms with Gasteiger partial charge in [0.05, 0.1) is 6.54 Å². The smallest absolute Gasteiger partial charge is 0.224 e. The lowest BCUT2D eigenvalue weighted by atomic mass is 10.1. The maximum absolute atomic E-state index is 11.7. The maximum Gasteiger partial charge on any atom is 0.224 e. The Hall–Kier alpha value is -0.870. The number of fused-ring (bicyclic) bond motifs is 1. The molecule has 2 N–H and O–H groups in total. The minimum Gasteiger partial charge on any atom is -0.351 e. The summed E-state index contributed by atoms with van der Waals surface area (Å²) < 4.78 is 0. The third kappa shape index (κ3) is 3.07. The second-order valence-corrected chi connectivity index (χ2v) is 5.91. The fraction of sp³-hybridized carbons (Fsp3) is 0.615. The van der Waals surface area contributed by atoms with Crippen LogP contribution in [0.2, 0.25) is 0 Å². The van der Waals surface area contributed by atoms with Crippen molar-refractivity contribution in [1.29, 1.82) is 0 Å². The van der Waals surface area contributed by atoms with Crippen LogP contribution >= 0.6 is 11.3 Å². The minimum atomic E-state index is 0.0341. The number of rotatable bonds is 5. The van der Waals surface area contributed by atoms with E-state index in [1.807, 2.05) is 25.3 Å². The molecule has 0 aromatic carbocycles. The summed E-state index contributed by atoms with van der Waals surface area (Å²) in [6, 6.07) is 2.26. The molecule has 1 aliphatic carbocycles. The Kier molecular flexibility index (Phi) is 4.18. The molecule has 17 heavy (non-hydrogen) atoms. The number of nitrogens with one attached hydrogen (secondary N) is 2. The number of amides is 1. The standard InChI is InChI=1S/C13H20N2OS/c1-9(7-14-2)13(16)15-8-11-6-10-4-3-5-12(10)17-11/h6,9,14H,3-5,7-8H2,1-2H3,(H,15,16). The Bertz CT molecular complexity index is 379. The molecule has 0 bridgehead atoms. The average molecular weight is 252 g/mol. The van der Waals surface area contributed by atoms with Crippen molar-refractivity contribution in [2.45, 2.75) is 32.7 Å². The van der Waals surface area contributed by atoms with Gasteiger partial charge in [-0.05, 0) is 37.9 Å². The Balaban J connectivity index is 1.83. The minimum absolute atomic E-state index is 0.0341. The second-order valence-electron chi connectivity index (χ2n) is 4.69. The molecule has 1 aromatic rings. The fourth-order valence-corrected chi connectivity index (χ4v) is 3.43. The first-order valence-electron chi connectivity index (χ1n) is 6.23. The zero-order valence-electron chi connectivity index (χ0n) is 10.5. The van der Waals surface area contributed by atoms with E-state index in [-0.39, 0.29) is 11.8 Å². The topological polar surface area (TPSA) is 41.1 Å². The molecule has 1 unspecified atom stereocenters. The largest absolute Gasteiger partial charge is 0.351 e. The summed E-state index contributed by atoms with van der Waals surface area (Å²) in [5.74, 6) is 0.166. The quantitative estimate of drug-likeness (QED) is 0.837. The molecule has 3 nitrogen and oxygen atoms in total.